The van der Waals surface area contributed by atoms with Gasteiger partial charge in [0.2, 0.25) is 5.91 Å². The minimum absolute atomic E-state index is 0.0274. The van der Waals surface area contributed by atoms with Gasteiger partial charge in [-0.3, -0.25) is 4.79 Å². The summed E-state index contributed by atoms with van der Waals surface area (Å²) in [5, 5.41) is 16.3. The fourth-order valence-electron chi connectivity index (χ4n) is 2.13. The van der Waals surface area contributed by atoms with Crippen LogP contribution in [0.1, 0.15) is 24.2 Å². The fraction of sp³-hybridized carbons (Fsp3) is 0.333. The molecule has 2 aromatic rings. The van der Waals surface area contributed by atoms with Crippen molar-refractivity contribution in [1.29, 1.82) is 0 Å². The number of nitrogens with zero attached hydrogens (tertiary/aromatic N) is 3. The number of hydrogen-bond donors (Lipinski definition) is 2. The molecule has 1 heterocycles. The zero-order valence-corrected chi connectivity index (χ0v) is 11.6. The monoisotopic (exact) mass is 321 g/mol. The van der Waals surface area contributed by atoms with Gasteiger partial charge in [-0.1, -0.05) is 33.3 Å². The molecule has 2 N–H and O–H groups in total. The number of tetrazole rings is 1. The second kappa shape index (κ2) is 4.73. The third-order valence-corrected chi connectivity index (χ3v) is 3.91. The van der Waals surface area contributed by atoms with E-state index in [1.807, 2.05) is 24.3 Å². The molecule has 0 spiro atoms. The second-order valence-electron chi connectivity index (χ2n) is 4.60. The molecule has 1 amide bonds. The predicted molar refractivity (Wildman–Crippen MR) is 71.1 cm³/mol. The summed E-state index contributed by atoms with van der Waals surface area (Å²) in [6.45, 7) is 0.299. The van der Waals surface area contributed by atoms with Gasteiger partial charge in [-0.2, -0.15) is 5.21 Å². The van der Waals surface area contributed by atoms with Crippen LogP contribution in [0.5, 0.6) is 0 Å². The summed E-state index contributed by atoms with van der Waals surface area (Å²) in [6, 6.07) is 7.90. The Morgan fingerprint density at radius 3 is 2.68 bits per heavy atom. The Kier molecular flexibility index (Phi) is 3.06. The van der Waals surface area contributed by atoms with E-state index < -0.39 is 0 Å². The van der Waals surface area contributed by atoms with Crippen LogP contribution >= 0.6 is 15.9 Å². The average molecular weight is 322 g/mol. The third-order valence-electron chi connectivity index (χ3n) is 3.38. The number of rotatable bonds is 4. The van der Waals surface area contributed by atoms with Crippen LogP contribution in [0.15, 0.2) is 28.7 Å². The summed E-state index contributed by atoms with van der Waals surface area (Å²) in [4.78, 5) is 12.3. The molecule has 0 bridgehead atoms. The molecule has 7 heteroatoms. The first kappa shape index (κ1) is 12.3. The van der Waals surface area contributed by atoms with Crippen molar-refractivity contribution in [2.75, 3.05) is 0 Å². The van der Waals surface area contributed by atoms with E-state index in [0.29, 0.717) is 12.4 Å². The first-order valence-electron chi connectivity index (χ1n) is 5.97. The van der Waals surface area contributed by atoms with E-state index in [-0.39, 0.29) is 11.3 Å². The van der Waals surface area contributed by atoms with Crippen LogP contribution in [0.2, 0.25) is 0 Å². The van der Waals surface area contributed by atoms with E-state index in [1.54, 1.807) is 0 Å². The quantitative estimate of drug-likeness (QED) is 0.889. The molecule has 1 aromatic carbocycles. The van der Waals surface area contributed by atoms with Crippen molar-refractivity contribution in [3.05, 3.63) is 40.1 Å². The molecule has 1 aliphatic rings. The van der Waals surface area contributed by atoms with Crippen LogP contribution < -0.4 is 5.32 Å². The van der Waals surface area contributed by atoms with Gasteiger partial charge >= 0.3 is 0 Å². The largest absolute Gasteiger partial charge is 0.348 e. The van der Waals surface area contributed by atoms with E-state index in [2.05, 4.69) is 41.9 Å². The molecule has 98 valence electrons. The first-order valence-corrected chi connectivity index (χ1v) is 6.77. The standard InChI is InChI=1S/C12H12BrN5O/c13-9-3-1-8(2-4-9)12(5-6-12)11(19)14-7-10-15-17-18-16-10/h1-4H,5-7H2,(H,14,19)(H,15,16,17,18). The molecule has 0 unspecified atom stereocenters. The SMILES string of the molecule is O=C(NCc1nn[nH]n1)C1(c2ccc(Br)cc2)CC1. The highest BCUT2D eigenvalue weighted by atomic mass is 79.9. The minimum atomic E-state index is -0.371. The molecule has 3 rings (SSSR count). The van der Waals surface area contributed by atoms with Crippen molar-refractivity contribution < 1.29 is 4.79 Å². The molecule has 0 aliphatic heterocycles. The third kappa shape index (κ3) is 2.37. The smallest absolute Gasteiger partial charge is 0.231 e. The lowest BCUT2D eigenvalue weighted by Gasteiger charge is -2.15. The summed E-state index contributed by atoms with van der Waals surface area (Å²) in [6.07, 6.45) is 1.76. The maximum atomic E-state index is 12.3. The predicted octanol–water partition coefficient (Wildman–Crippen LogP) is 1.31. The number of aromatic nitrogens is 4. The van der Waals surface area contributed by atoms with Gasteiger partial charge in [0.25, 0.3) is 0 Å². The lowest BCUT2D eigenvalue weighted by atomic mass is 9.95. The zero-order valence-electron chi connectivity index (χ0n) is 10.1. The van der Waals surface area contributed by atoms with E-state index in [1.165, 1.54) is 0 Å². The van der Waals surface area contributed by atoms with Crippen molar-refractivity contribution in [2.45, 2.75) is 24.8 Å². The van der Waals surface area contributed by atoms with Crippen LogP contribution in [0.4, 0.5) is 0 Å². The molecule has 1 aromatic heterocycles. The van der Waals surface area contributed by atoms with E-state index in [0.717, 1.165) is 22.9 Å². The molecule has 1 saturated carbocycles. The van der Waals surface area contributed by atoms with Gasteiger partial charge in [-0.05, 0) is 30.5 Å². The number of hydrogen-bond acceptors (Lipinski definition) is 4. The van der Waals surface area contributed by atoms with Gasteiger partial charge in [0.05, 0.1) is 12.0 Å². The van der Waals surface area contributed by atoms with Crippen molar-refractivity contribution in [3.63, 3.8) is 0 Å². The molecular formula is C12H12BrN5O. The normalized spacial score (nSPS) is 16.1. The van der Waals surface area contributed by atoms with E-state index >= 15 is 0 Å². The molecule has 0 atom stereocenters. The average Bonchev–Trinajstić information content (AvgIpc) is 3.07. The van der Waals surface area contributed by atoms with Crippen LogP contribution in [-0.2, 0) is 16.8 Å². The molecule has 0 saturated heterocycles. The number of carbonyl (C=O) groups excluding carboxylic acids is 1. The van der Waals surface area contributed by atoms with Gasteiger partial charge in [-0.15, -0.1) is 10.2 Å². The topological polar surface area (TPSA) is 83.6 Å². The number of halogens is 1. The highest BCUT2D eigenvalue weighted by Crippen LogP contribution is 2.48. The lowest BCUT2D eigenvalue weighted by molar-refractivity contribution is -0.123. The van der Waals surface area contributed by atoms with Gasteiger partial charge in [-0.25, -0.2) is 0 Å². The Morgan fingerprint density at radius 1 is 1.37 bits per heavy atom. The van der Waals surface area contributed by atoms with Crippen molar-refractivity contribution >= 4 is 21.8 Å². The van der Waals surface area contributed by atoms with Crippen molar-refractivity contribution in [2.24, 2.45) is 0 Å². The van der Waals surface area contributed by atoms with Gasteiger partial charge < -0.3 is 5.32 Å². The summed E-state index contributed by atoms with van der Waals surface area (Å²) < 4.78 is 1.01. The highest BCUT2D eigenvalue weighted by Gasteiger charge is 2.51. The molecule has 6 nitrogen and oxygen atoms in total. The van der Waals surface area contributed by atoms with Crippen LogP contribution in [0.3, 0.4) is 0 Å². The lowest BCUT2D eigenvalue weighted by Crippen LogP contribution is -2.34. The first-order chi connectivity index (χ1) is 9.21. The van der Waals surface area contributed by atoms with E-state index in [9.17, 15) is 4.79 Å². The Hall–Kier alpha value is -1.76. The maximum absolute atomic E-state index is 12.3. The van der Waals surface area contributed by atoms with Crippen LogP contribution in [0.25, 0.3) is 0 Å². The number of benzene rings is 1. The van der Waals surface area contributed by atoms with Gasteiger partial charge in [0, 0.05) is 4.47 Å². The Balaban J connectivity index is 1.70. The number of nitrogens with one attached hydrogen (secondary N) is 2. The number of H-pyrrole nitrogens is 1. The van der Waals surface area contributed by atoms with Gasteiger partial charge in [0.15, 0.2) is 5.82 Å². The highest BCUT2D eigenvalue weighted by molar-refractivity contribution is 9.10. The van der Waals surface area contributed by atoms with Crippen LogP contribution in [-0.4, -0.2) is 26.5 Å². The zero-order chi connectivity index (χ0) is 13.3. The second-order valence-corrected chi connectivity index (χ2v) is 5.52. The molecule has 1 aliphatic carbocycles. The summed E-state index contributed by atoms with van der Waals surface area (Å²) in [5.41, 5.74) is 0.686. The Labute approximate surface area is 118 Å². The van der Waals surface area contributed by atoms with Crippen LogP contribution in [0, 0.1) is 0 Å². The number of amides is 1. The summed E-state index contributed by atoms with van der Waals surface area (Å²) in [7, 11) is 0. The van der Waals surface area contributed by atoms with Gasteiger partial charge in [0.1, 0.15) is 0 Å². The Morgan fingerprint density at radius 2 is 2.11 bits per heavy atom. The molecule has 19 heavy (non-hydrogen) atoms. The van der Waals surface area contributed by atoms with Crippen molar-refractivity contribution in [1.82, 2.24) is 25.9 Å². The summed E-state index contributed by atoms with van der Waals surface area (Å²) >= 11 is 3.40. The molecule has 0 radical (unpaired) electrons. The maximum Gasteiger partial charge on any atom is 0.231 e. The summed E-state index contributed by atoms with van der Waals surface area (Å²) in [5.74, 6) is 0.513. The number of aromatic amines is 1. The van der Waals surface area contributed by atoms with Crippen molar-refractivity contribution in [3.8, 4) is 0 Å². The van der Waals surface area contributed by atoms with E-state index in [4.69, 9.17) is 0 Å². The number of carbonyl (C=O) groups is 1. The fourth-order valence-corrected chi connectivity index (χ4v) is 2.39. The molecular weight excluding hydrogens is 310 g/mol. The Bertz CT molecular complexity index is 577. The minimum Gasteiger partial charge on any atom is -0.348 e. The molecule has 1 fully saturated rings.